The van der Waals surface area contributed by atoms with Gasteiger partial charge < -0.3 is 0 Å². The van der Waals surface area contributed by atoms with Crippen LogP contribution in [0.15, 0.2) is 0 Å². The summed E-state index contributed by atoms with van der Waals surface area (Å²) in [5, 5.41) is 0. The van der Waals surface area contributed by atoms with E-state index in [1.165, 1.54) is 0 Å². The molecule has 0 aromatic carbocycles. The Morgan fingerprint density at radius 2 is 2.22 bits per heavy atom. The minimum atomic E-state index is 0.0688. The van der Waals surface area contributed by atoms with Gasteiger partial charge in [0.1, 0.15) is 0 Å². The van der Waals surface area contributed by atoms with Gasteiger partial charge in [0.15, 0.2) is 0 Å². The lowest BCUT2D eigenvalue weighted by Crippen LogP contribution is -1.91. The van der Waals surface area contributed by atoms with E-state index in [2.05, 4.69) is 18.8 Å². The van der Waals surface area contributed by atoms with Gasteiger partial charge in [0.05, 0.1) is 0 Å². The number of Topliss-reactive ketones (excluding diaryl/α,β-unsaturated/α-hetero) is 1. The van der Waals surface area contributed by atoms with Crippen molar-refractivity contribution in [3.63, 3.8) is 0 Å². The third-order valence-electron chi connectivity index (χ3n) is 1.02. The number of rotatable bonds is 3. The molecule has 1 heteroatoms. The number of hydrogen-bond donors (Lipinski definition) is 0. The molecule has 0 heterocycles. The molecule has 0 aliphatic heterocycles. The highest BCUT2D eigenvalue weighted by Gasteiger charge is 1.92. The van der Waals surface area contributed by atoms with E-state index in [1.807, 2.05) is 0 Å². The first kappa shape index (κ1) is 8.23. The van der Waals surface area contributed by atoms with Crippen LogP contribution in [0.5, 0.6) is 0 Å². The highest BCUT2D eigenvalue weighted by atomic mass is 16.1. The molecule has 0 N–H and O–H groups in total. The van der Waals surface area contributed by atoms with Crippen molar-refractivity contribution in [2.45, 2.75) is 33.1 Å². The highest BCUT2D eigenvalue weighted by Crippen LogP contribution is 1.93. The van der Waals surface area contributed by atoms with Crippen LogP contribution in [0.4, 0.5) is 0 Å². The van der Waals surface area contributed by atoms with E-state index < -0.39 is 0 Å². The summed E-state index contributed by atoms with van der Waals surface area (Å²) in [6.45, 7) is 3.75. The second kappa shape index (κ2) is 5.37. The van der Waals surface area contributed by atoms with Crippen molar-refractivity contribution in [3.8, 4) is 11.8 Å². The second-order valence-electron chi connectivity index (χ2n) is 1.90. The third-order valence-corrected chi connectivity index (χ3v) is 1.02. The Balaban J connectivity index is 3.35. The third kappa shape index (κ3) is 5.10. The van der Waals surface area contributed by atoms with Gasteiger partial charge in [0.25, 0.3) is 0 Å². The Morgan fingerprint density at radius 1 is 1.56 bits per heavy atom. The lowest BCUT2D eigenvalue weighted by atomic mass is 10.2. The minimum Gasteiger partial charge on any atom is -0.285 e. The molecule has 0 aromatic rings. The summed E-state index contributed by atoms with van der Waals surface area (Å²) in [7, 11) is 0. The number of unbranched alkanes of at least 4 members (excludes halogenated alkanes) is 1. The van der Waals surface area contributed by atoms with Gasteiger partial charge in [-0.2, -0.15) is 0 Å². The van der Waals surface area contributed by atoms with Crippen LogP contribution in [0, 0.1) is 11.8 Å². The molecule has 0 amide bonds. The summed E-state index contributed by atoms with van der Waals surface area (Å²) >= 11 is 0. The van der Waals surface area contributed by atoms with Crippen molar-refractivity contribution < 1.29 is 4.79 Å². The van der Waals surface area contributed by atoms with E-state index in [0.717, 1.165) is 12.8 Å². The summed E-state index contributed by atoms with van der Waals surface area (Å²) in [6, 6.07) is 0. The Labute approximate surface area is 56.5 Å². The molecule has 0 unspecified atom stereocenters. The molecule has 0 aromatic heterocycles. The van der Waals surface area contributed by atoms with Crippen molar-refractivity contribution >= 4 is 5.78 Å². The van der Waals surface area contributed by atoms with Gasteiger partial charge in [-0.25, -0.2) is 0 Å². The number of hydrogen-bond acceptors (Lipinski definition) is 1. The van der Waals surface area contributed by atoms with Crippen LogP contribution in [0.3, 0.4) is 0 Å². The fourth-order valence-corrected chi connectivity index (χ4v) is 0.539. The SMILES string of the molecule is CC#CC(=O)CCCC. The van der Waals surface area contributed by atoms with Crippen LogP contribution in [-0.2, 0) is 4.79 Å². The molecule has 0 saturated heterocycles. The van der Waals surface area contributed by atoms with E-state index in [-0.39, 0.29) is 5.78 Å². The Kier molecular flexibility index (Phi) is 4.91. The number of carbonyl (C=O) groups excluding carboxylic acids is 1. The largest absolute Gasteiger partial charge is 0.285 e. The average molecular weight is 124 g/mol. The van der Waals surface area contributed by atoms with E-state index in [0.29, 0.717) is 6.42 Å². The monoisotopic (exact) mass is 124 g/mol. The summed E-state index contributed by atoms with van der Waals surface area (Å²) < 4.78 is 0. The fraction of sp³-hybridized carbons (Fsp3) is 0.625. The van der Waals surface area contributed by atoms with Gasteiger partial charge in [-0.1, -0.05) is 19.3 Å². The maximum absolute atomic E-state index is 10.6. The molecule has 9 heavy (non-hydrogen) atoms. The molecule has 0 saturated carbocycles. The molecular formula is C8H12O. The first-order valence-electron chi connectivity index (χ1n) is 3.26. The molecule has 50 valence electrons. The van der Waals surface area contributed by atoms with Crippen LogP contribution in [-0.4, -0.2) is 5.78 Å². The zero-order chi connectivity index (χ0) is 7.11. The molecule has 0 fully saturated rings. The van der Waals surface area contributed by atoms with Gasteiger partial charge in [-0.15, -0.1) is 0 Å². The molecule has 0 spiro atoms. The molecule has 0 rings (SSSR count). The van der Waals surface area contributed by atoms with Crippen LogP contribution in [0.2, 0.25) is 0 Å². The van der Waals surface area contributed by atoms with Gasteiger partial charge in [-0.3, -0.25) is 4.79 Å². The summed E-state index contributed by atoms with van der Waals surface area (Å²) in [5.41, 5.74) is 0. The fourth-order valence-electron chi connectivity index (χ4n) is 0.539. The smallest absolute Gasteiger partial charge is 0.205 e. The van der Waals surface area contributed by atoms with Gasteiger partial charge in [0, 0.05) is 6.42 Å². The topological polar surface area (TPSA) is 17.1 Å². The second-order valence-corrected chi connectivity index (χ2v) is 1.90. The predicted octanol–water partition coefficient (Wildman–Crippen LogP) is 1.77. The molecule has 0 aliphatic rings. The Bertz CT molecular complexity index is 136. The lowest BCUT2D eigenvalue weighted by Gasteiger charge is -1.86. The standard InChI is InChI=1S/C8H12O/c1-3-5-7-8(9)6-4-2/h3,5,7H2,1-2H3. The van der Waals surface area contributed by atoms with Gasteiger partial charge in [0.2, 0.25) is 5.78 Å². The van der Waals surface area contributed by atoms with Crippen molar-refractivity contribution in [3.05, 3.63) is 0 Å². The summed E-state index contributed by atoms with van der Waals surface area (Å²) in [4.78, 5) is 10.6. The Hall–Kier alpha value is -0.770. The summed E-state index contributed by atoms with van der Waals surface area (Å²) in [6.07, 6.45) is 2.65. The zero-order valence-corrected chi connectivity index (χ0v) is 6.03. The average Bonchev–Trinajstić information content (AvgIpc) is 1.85. The molecule has 0 atom stereocenters. The van der Waals surface area contributed by atoms with E-state index in [1.54, 1.807) is 6.92 Å². The van der Waals surface area contributed by atoms with Crippen LogP contribution in [0.1, 0.15) is 33.1 Å². The van der Waals surface area contributed by atoms with Gasteiger partial charge >= 0.3 is 0 Å². The normalized spacial score (nSPS) is 7.78. The van der Waals surface area contributed by atoms with Crippen LogP contribution < -0.4 is 0 Å². The number of ketones is 1. The first-order valence-corrected chi connectivity index (χ1v) is 3.26. The maximum Gasteiger partial charge on any atom is 0.205 e. The van der Waals surface area contributed by atoms with Crippen molar-refractivity contribution in [1.82, 2.24) is 0 Å². The summed E-state index contributed by atoms with van der Waals surface area (Å²) in [5.74, 6) is 5.14. The quantitative estimate of drug-likeness (QED) is 0.414. The van der Waals surface area contributed by atoms with Crippen molar-refractivity contribution in [2.24, 2.45) is 0 Å². The molecule has 1 nitrogen and oxygen atoms in total. The maximum atomic E-state index is 10.6. The van der Waals surface area contributed by atoms with Crippen LogP contribution in [0.25, 0.3) is 0 Å². The minimum absolute atomic E-state index is 0.0688. The molecular weight excluding hydrogens is 112 g/mol. The molecule has 0 radical (unpaired) electrons. The van der Waals surface area contributed by atoms with E-state index in [4.69, 9.17) is 0 Å². The number of carbonyl (C=O) groups is 1. The lowest BCUT2D eigenvalue weighted by molar-refractivity contribution is -0.113. The predicted molar refractivity (Wildman–Crippen MR) is 38.0 cm³/mol. The molecule has 0 bridgehead atoms. The zero-order valence-electron chi connectivity index (χ0n) is 6.03. The van der Waals surface area contributed by atoms with E-state index >= 15 is 0 Å². The molecule has 0 aliphatic carbocycles. The highest BCUT2D eigenvalue weighted by molar-refractivity contribution is 5.95. The van der Waals surface area contributed by atoms with Crippen molar-refractivity contribution in [2.75, 3.05) is 0 Å². The van der Waals surface area contributed by atoms with Crippen LogP contribution >= 0.6 is 0 Å². The first-order chi connectivity index (χ1) is 4.31. The van der Waals surface area contributed by atoms with Gasteiger partial charge in [-0.05, 0) is 19.3 Å². The van der Waals surface area contributed by atoms with E-state index in [9.17, 15) is 4.79 Å². The van der Waals surface area contributed by atoms with Crippen molar-refractivity contribution in [1.29, 1.82) is 0 Å². The Morgan fingerprint density at radius 3 is 2.67 bits per heavy atom.